The third kappa shape index (κ3) is 5.33. The number of carbonyl (C=O) groups excluding carboxylic acids is 1. The van der Waals surface area contributed by atoms with Gasteiger partial charge >= 0.3 is 0 Å². The third-order valence-corrected chi connectivity index (χ3v) is 8.21. The van der Waals surface area contributed by atoms with Gasteiger partial charge in [0.25, 0.3) is 5.91 Å². The van der Waals surface area contributed by atoms with Gasteiger partial charge in [0.15, 0.2) is 0 Å². The SMILES string of the molecule is CC[C@H](NC(=O)c1ccc(C)c(S(=O)(=O)N2CCCCCC2)c1)c1ccc(OC)c(C)c1. The molecule has 3 rings (SSSR count). The number of nitrogens with zero attached hydrogens (tertiary/aromatic N) is 1. The van der Waals surface area contributed by atoms with Crippen LogP contribution in [0.2, 0.25) is 0 Å². The van der Waals surface area contributed by atoms with Gasteiger partial charge in [0.05, 0.1) is 18.0 Å². The van der Waals surface area contributed by atoms with Crippen LogP contribution in [0.4, 0.5) is 0 Å². The molecule has 0 bridgehead atoms. The van der Waals surface area contributed by atoms with Crippen molar-refractivity contribution in [2.24, 2.45) is 0 Å². The monoisotopic (exact) mass is 458 g/mol. The van der Waals surface area contributed by atoms with Crippen LogP contribution in [-0.2, 0) is 10.0 Å². The van der Waals surface area contributed by atoms with Gasteiger partial charge in [-0.2, -0.15) is 4.31 Å². The van der Waals surface area contributed by atoms with Crippen molar-refractivity contribution in [1.29, 1.82) is 0 Å². The Labute approximate surface area is 192 Å². The van der Waals surface area contributed by atoms with E-state index >= 15 is 0 Å². The highest BCUT2D eigenvalue weighted by Gasteiger charge is 2.27. The van der Waals surface area contributed by atoms with Gasteiger partial charge in [0.1, 0.15) is 5.75 Å². The first-order valence-electron chi connectivity index (χ1n) is 11.3. The molecule has 2 aromatic rings. The molecule has 174 valence electrons. The van der Waals surface area contributed by atoms with Crippen molar-refractivity contribution < 1.29 is 17.9 Å². The van der Waals surface area contributed by atoms with Crippen LogP contribution in [-0.4, -0.2) is 38.8 Å². The van der Waals surface area contributed by atoms with Crippen molar-refractivity contribution in [1.82, 2.24) is 9.62 Å². The molecule has 1 amide bonds. The van der Waals surface area contributed by atoms with E-state index in [0.29, 0.717) is 30.6 Å². The molecule has 1 aliphatic rings. The van der Waals surface area contributed by atoms with Gasteiger partial charge < -0.3 is 10.1 Å². The number of benzene rings is 2. The van der Waals surface area contributed by atoms with Crippen LogP contribution < -0.4 is 10.1 Å². The van der Waals surface area contributed by atoms with E-state index in [1.807, 2.05) is 32.0 Å². The Bertz CT molecular complexity index is 1060. The number of sulfonamides is 1. The molecule has 1 saturated heterocycles. The highest BCUT2D eigenvalue weighted by molar-refractivity contribution is 7.89. The minimum absolute atomic E-state index is 0.181. The van der Waals surface area contributed by atoms with Gasteiger partial charge in [0, 0.05) is 18.7 Å². The summed E-state index contributed by atoms with van der Waals surface area (Å²) in [5.41, 5.74) is 3.00. The molecule has 7 heteroatoms. The summed E-state index contributed by atoms with van der Waals surface area (Å²) in [6.07, 6.45) is 4.56. The van der Waals surface area contributed by atoms with Crippen LogP contribution in [0.3, 0.4) is 0 Å². The van der Waals surface area contributed by atoms with Crippen LogP contribution >= 0.6 is 0 Å². The molecule has 2 aromatic carbocycles. The zero-order valence-electron chi connectivity index (χ0n) is 19.5. The van der Waals surface area contributed by atoms with Gasteiger partial charge in [-0.1, -0.05) is 38.0 Å². The average molecular weight is 459 g/mol. The van der Waals surface area contributed by atoms with E-state index in [-0.39, 0.29) is 16.8 Å². The first kappa shape index (κ1) is 24.3. The number of hydrogen-bond donors (Lipinski definition) is 1. The van der Waals surface area contributed by atoms with Crippen LogP contribution in [0.1, 0.15) is 72.1 Å². The van der Waals surface area contributed by atoms with Crippen molar-refractivity contribution in [2.75, 3.05) is 20.2 Å². The lowest BCUT2D eigenvalue weighted by molar-refractivity contribution is 0.0935. The van der Waals surface area contributed by atoms with Crippen LogP contribution in [0.5, 0.6) is 5.75 Å². The van der Waals surface area contributed by atoms with Crippen molar-refractivity contribution in [3.8, 4) is 5.75 Å². The number of ether oxygens (including phenoxy) is 1. The largest absolute Gasteiger partial charge is 0.496 e. The molecular weight excluding hydrogens is 424 g/mol. The van der Waals surface area contributed by atoms with Crippen molar-refractivity contribution in [3.63, 3.8) is 0 Å². The summed E-state index contributed by atoms with van der Waals surface area (Å²) in [4.78, 5) is 13.3. The Balaban J connectivity index is 1.84. The molecule has 0 saturated carbocycles. The molecule has 1 fully saturated rings. The Kier molecular flexibility index (Phi) is 7.96. The topological polar surface area (TPSA) is 75.7 Å². The first-order chi connectivity index (χ1) is 15.3. The number of rotatable bonds is 7. The van der Waals surface area contributed by atoms with E-state index < -0.39 is 10.0 Å². The number of methoxy groups -OCH3 is 1. The summed E-state index contributed by atoms with van der Waals surface area (Å²) in [5, 5.41) is 3.06. The fraction of sp³-hybridized carbons (Fsp3) is 0.480. The Morgan fingerprint density at radius 2 is 1.72 bits per heavy atom. The van der Waals surface area contributed by atoms with E-state index in [9.17, 15) is 13.2 Å². The molecule has 6 nitrogen and oxygen atoms in total. The molecule has 1 atom stereocenters. The van der Waals surface area contributed by atoms with Crippen LogP contribution in [0, 0.1) is 13.8 Å². The van der Waals surface area contributed by atoms with E-state index in [1.54, 1.807) is 30.5 Å². The average Bonchev–Trinajstić information content (AvgIpc) is 3.07. The molecule has 0 aromatic heterocycles. The molecule has 0 radical (unpaired) electrons. The molecule has 0 spiro atoms. The van der Waals surface area contributed by atoms with E-state index in [2.05, 4.69) is 5.32 Å². The number of carbonyl (C=O) groups is 1. The minimum Gasteiger partial charge on any atom is -0.496 e. The van der Waals surface area contributed by atoms with E-state index in [1.165, 1.54) is 6.07 Å². The molecular formula is C25H34N2O4S. The molecule has 1 aliphatic heterocycles. The maximum atomic E-state index is 13.3. The zero-order valence-corrected chi connectivity index (χ0v) is 20.3. The van der Waals surface area contributed by atoms with Gasteiger partial charge in [0.2, 0.25) is 10.0 Å². The van der Waals surface area contributed by atoms with E-state index in [4.69, 9.17) is 4.74 Å². The maximum Gasteiger partial charge on any atom is 0.251 e. The van der Waals surface area contributed by atoms with Crippen molar-refractivity contribution in [2.45, 2.75) is 63.8 Å². The minimum atomic E-state index is -3.63. The quantitative estimate of drug-likeness (QED) is 0.649. The number of aryl methyl sites for hydroxylation is 2. The normalized spacial score (nSPS) is 16.2. The molecule has 32 heavy (non-hydrogen) atoms. The lowest BCUT2D eigenvalue weighted by atomic mass is 10.0. The van der Waals surface area contributed by atoms with Gasteiger partial charge in [-0.05, 0) is 68.0 Å². The molecule has 0 unspecified atom stereocenters. The Morgan fingerprint density at radius 3 is 2.31 bits per heavy atom. The highest BCUT2D eigenvalue weighted by Crippen LogP contribution is 2.26. The number of amides is 1. The second-order valence-electron chi connectivity index (χ2n) is 8.46. The lowest BCUT2D eigenvalue weighted by Gasteiger charge is -2.22. The predicted molar refractivity (Wildman–Crippen MR) is 127 cm³/mol. The second kappa shape index (κ2) is 10.5. The number of nitrogens with one attached hydrogen (secondary N) is 1. The van der Waals surface area contributed by atoms with E-state index in [0.717, 1.165) is 42.6 Å². The molecule has 0 aliphatic carbocycles. The van der Waals surface area contributed by atoms with Crippen LogP contribution in [0.15, 0.2) is 41.3 Å². The van der Waals surface area contributed by atoms with Crippen molar-refractivity contribution in [3.05, 3.63) is 58.7 Å². The van der Waals surface area contributed by atoms with Gasteiger partial charge in [-0.3, -0.25) is 4.79 Å². The summed E-state index contributed by atoms with van der Waals surface area (Å²) in [5.74, 6) is 0.523. The Morgan fingerprint density at radius 1 is 1.03 bits per heavy atom. The van der Waals surface area contributed by atoms with Gasteiger partial charge in [-0.25, -0.2) is 8.42 Å². The third-order valence-electron chi connectivity index (χ3n) is 6.17. The number of hydrogen-bond acceptors (Lipinski definition) is 4. The smallest absolute Gasteiger partial charge is 0.251 e. The summed E-state index contributed by atoms with van der Waals surface area (Å²) in [7, 11) is -2.00. The first-order valence-corrected chi connectivity index (χ1v) is 12.8. The predicted octanol–water partition coefficient (Wildman–Crippen LogP) is 4.76. The summed E-state index contributed by atoms with van der Waals surface area (Å²) < 4.78 is 33.5. The Hall–Kier alpha value is -2.38. The molecule has 1 heterocycles. The highest BCUT2D eigenvalue weighted by atomic mass is 32.2. The van der Waals surface area contributed by atoms with Crippen molar-refractivity contribution >= 4 is 15.9 Å². The van der Waals surface area contributed by atoms with Crippen LogP contribution in [0.25, 0.3) is 0 Å². The fourth-order valence-corrected chi connectivity index (χ4v) is 5.99. The maximum absolute atomic E-state index is 13.3. The lowest BCUT2D eigenvalue weighted by Crippen LogP contribution is -2.33. The zero-order chi connectivity index (χ0) is 23.3. The molecule has 1 N–H and O–H groups in total. The van der Waals surface area contributed by atoms with Gasteiger partial charge in [-0.15, -0.1) is 0 Å². The standard InChI is InChI=1S/C25H34N2O4S/c1-5-22(20-12-13-23(31-4)19(3)16-20)26-25(28)21-11-10-18(2)24(17-21)32(29,30)27-14-8-6-7-9-15-27/h10-13,16-17,22H,5-9,14-15H2,1-4H3,(H,26,28)/t22-/m0/s1. The fourth-order valence-electron chi connectivity index (χ4n) is 4.22. The summed E-state index contributed by atoms with van der Waals surface area (Å²) >= 11 is 0. The summed E-state index contributed by atoms with van der Waals surface area (Å²) in [6.45, 7) is 6.83. The second-order valence-corrected chi connectivity index (χ2v) is 10.4. The summed E-state index contributed by atoms with van der Waals surface area (Å²) in [6, 6.07) is 10.6.